The van der Waals surface area contributed by atoms with Crippen LogP contribution in [0, 0.1) is 5.92 Å². The van der Waals surface area contributed by atoms with Crippen LogP contribution in [0.25, 0.3) is 0 Å². The Balaban J connectivity index is 1.98. The molecule has 3 heteroatoms. The largest absolute Gasteiger partial charge is 0.381 e. The highest BCUT2D eigenvalue weighted by atomic mass is 32.2. The van der Waals surface area contributed by atoms with Gasteiger partial charge < -0.3 is 10.5 Å². The summed E-state index contributed by atoms with van der Waals surface area (Å²) < 4.78 is 5.43. The minimum absolute atomic E-state index is 0.417. The summed E-state index contributed by atoms with van der Waals surface area (Å²) in [6.45, 7) is 3.93. The molecule has 0 amide bonds. The topological polar surface area (TPSA) is 35.2 Å². The smallest absolute Gasteiger partial charge is 0.0469 e. The molecular formula is C9H19NOS. The van der Waals surface area contributed by atoms with Crippen LogP contribution in [0.4, 0.5) is 0 Å². The summed E-state index contributed by atoms with van der Waals surface area (Å²) >= 11 is 1.97. The van der Waals surface area contributed by atoms with Gasteiger partial charge in [-0.2, -0.15) is 11.8 Å². The maximum absolute atomic E-state index is 5.92. The molecule has 2 unspecified atom stereocenters. The molecule has 2 N–H and O–H groups in total. The summed E-state index contributed by atoms with van der Waals surface area (Å²) in [5, 5.41) is 0. The highest BCUT2D eigenvalue weighted by molar-refractivity contribution is 7.99. The van der Waals surface area contributed by atoms with E-state index in [-0.39, 0.29) is 0 Å². The molecule has 0 bridgehead atoms. The first-order valence-electron chi connectivity index (χ1n) is 4.75. The van der Waals surface area contributed by atoms with Crippen LogP contribution >= 0.6 is 11.8 Å². The molecule has 1 rings (SSSR count). The first-order chi connectivity index (χ1) is 5.84. The Morgan fingerprint density at radius 1 is 1.42 bits per heavy atom. The summed E-state index contributed by atoms with van der Waals surface area (Å²) in [4.78, 5) is 0. The van der Waals surface area contributed by atoms with Gasteiger partial charge in [0.1, 0.15) is 0 Å². The average molecular weight is 189 g/mol. The zero-order chi connectivity index (χ0) is 8.81. The van der Waals surface area contributed by atoms with E-state index in [2.05, 4.69) is 6.92 Å². The molecule has 1 fully saturated rings. The molecule has 1 aliphatic rings. The van der Waals surface area contributed by atoms with Crippen molar-refractivity contribution in [2.24, 2.45) is 11.7 Å². The lowest BCUT2D eigenvalue weighted by Crippen LogP contribution is -2.29. The normalized spacial score (nSPS) is 29.5. The molecule has 2 atom stereocenters. The molecular weight excluding hydrogens is 170 g/mol. The van der Waals surface area contributed by atoms with Crippen LogP contribution in [0.3, 0.4) is 0 Å². The predicted octanol–water partition coefficient (Wildman–Crippen LogP) is 1.49. The lowest BCUT2D eigenvalue weighted by molar-refractivity contribution is 0.121. The van der Waals surface area contributed by atoms with E-state index in [1.165, 1.54) is 5.75 Å². The summed E-state index contributed by atoms with van der Waals surface area (Å²) in [6.07, 6.45) is 2.26. The zero-order valence-corrected chi connectivity index (χ0v) is 8.61. The van der Waals surface area contributed by atoms with E-state index in [4.69, 9.17) is 10.5 Å². The van der Waals surface area contributed by atoms with Crippen molar-refractivity contribution in [3.63, 3.8) is 0 Å². The second-order valence-corrected chi connectivity index (χ2v) is 4.44. The SMILES string of the molecule is CCCOCCC1CSCC1N. The maximum Gasteiger partial charge on any atom is 0.0469 e. The highest BCUT2D eigenvalue weighted by Crippen LogP contribution is 2.25. The number of ether oxygens (including phenoxy) is 1. The van der Waals surface area contributed by atoms with Gasteiger partial charge in [0.05, 0.1) is 0 Å². The number of hydrogen-bond donors (Lipinski definition) is 1. The lowest BCUT2D eigenvalue weighted by Gasteiger charge is -2.13. The van der Waals surface area contributed by atoms with Crippen LogP contribution < -0.4 is 5.73 Å². The van der Waals surface area contributed by atoms with E-state index >= 15 is 0 Å². The van der Waals surface area contributed by atoms with Crippen molar-refractivity contribution < 1.29 is 4.74 Å². The molecule has 1 aliphatic heterocycles. The molecule has 1 saturated heterocycles. The summed E-state index contributed by atoms with van der Waals surface area (Å²) in [7, 11) is 0. The summed E-state index contributed by atoms with van der Waals surface area (Å²) in [5.41, 5.74) is 5.92. The fourth-order valence-electron chi connectivity index (χ4n) is 1.39. The van der Waals surface area contributed by atoms with E-state index < -0.39 is 0 Å². The Bertz CT molecular complexity index is 121. The Kier molecular flexibility index (Phi) is 5.04. The third-order valence-electron chi connectivity index (χ3n) is 2.23. The third kappa shape index (κ3) is 3.33. The average Bonchev–Trinajstić information content (AvgIpc) is 2.46. The van der Waals surface area contributed by atoms with Crippen molar-refractivity contribution in [3.8, 4) is 0 Å². The minimum atomic E-state index is 0.417. The molecule has 0 spiro atoms. The molecule has 0 aromatic rings. The first kappa shape index (κ1) is 10.4. The monoisotopic (exact) mass is 189 g/mol. The second kappa shape index (κ2) is 5.84. The maximum atomic E-state index is 5.92. The van der Waals surface area contributed by atoms with Crippen LogP contribution in [-0.2, 0) is 4.74 Å². The van der Waals surface area contributed by atoms with Crippen LogP contribution in [0.1, 0.15) is 19.8 Å². The first-order valence-corrected chi connectivity index (χ1v) is 5.91. The number of hydrogen-bond acceptors (Lipinski definition) is 3. The summed E-state index contributed by atoms with van der Waals surface area (Å²) in [6, 6.07) is 0.417. The lowest BCUT2D eigenvalue weighted by atomic mass is 10.0. The van der Waals surface area contributed by atoms with Gasteiger partial charge in [-0.1, -0.05) is 6.92 Å². The molecule has 12 heavy (non-hydrogen) atoms. The molecule has 0 aliphatic carbocycles. The highest BCUT2D eigenvalue weighted by Gasteiger charge is 2.23. The Labute approximate surface area is 79.2 Å². The van der Waals surface area contributed by atoms with E-state index in [1.54, 1.807) is 0 Å². The minimum Gasteiger partial charge on any atom is -0.381 e. The number of thioether (sulfide) groups is 1. The standard InChI is InChI=1S/C9H19NOS/c1-2-4-11-5-3-8-6-12-7-9(8)10/h8-9H,2-7,10H2,1H3. The fraction of sp³-hybridized carbons (Fsp3) is 1.00. The van der Waals surface area contributed by atoms with Crippen LogP contribution in [0.15, 0.2) is 0 Å². The van der Waals surface area contributed by atoms with Crippen molar-refractivity contribution in [3.05, 3.63) is 0 Å². The van der Waals surface area contributed by atoms with Gasteiger partial charge in [0.25, 0.3) is 0 Å². The molecule has 0 aromatic heterocycles. The van der Waals surface area contributed by atoms with Gasteiger partial charge in [0.15, 0.2) is 0 Å². The van der Waals surface area contributed by atoms with Gasteiger partial charge in [0, 0.05) is 25.0 Å². The number of rotatable bonds is 5. The van der Waals surface area contributed by atoms with Crippen molar-refractivity contribution in [1.82, 2.24) is 0 Å². The second-order valence-electron chi connectivity index (χ2n) is 3.36. The van der Waals surface area contributed by atoms with Gasteiger partial charge in [0.2, 0.25) is 0 Å². The van der Waals surface area contributed by atoms with E-state index in [9.17, 15) is 0 Å². The van der Waals surface area contributed by atoms with Crippen molar-refractivity contribution >= 4 is 11.8 Å². The molecule has 0 radical (unpaired) electrons. The van der Waals surface area contributed by atoms with Gasteiger partial charge in [-0.25, -0.2) is 0 Å². The van der Waals surface area contributed by atoms with E-state index in [1.807, 2.05) is 11.8 Å². The van der Waals surface area contributed by atoms with Gasteiger partial charge in [-0.15, -0.1) is 0 Å². The third-order valence-corrected chi connectivity index (χ3v) is 3.51. The van der Waals surface area contributed by atoms with E-state index in [0.29, 0.717) is 12.0 Å². The molecule has 0 saturated carbocycles. The molecule has 72 valence electrons. The molecule has 0 aromatic carbocycles. The van der Waals surface area contributed by atoms with Gasteiger partial charge in [-0.3, -0.25) is 0 Å². The van der Waals surface area contributed by atoms with Crippen molar-refractivity contribution in [1.29, 1.82) is 0 Å². The van der Waals surface area contributed by atoms with Crippen molar-refractivity contribution in [2.45, 2.75) is 25.8 Å². The Morgan fingerprint density at radius 3 is 2.83 bits per heavy atom. The number of nitrogens with two attached hydrogens (primary N) is 1. The Hall–Kier alpha value is 0.270. The molecule has 1 heterocycles. The van der Waals surface area contributed by atoms with Crippen LogP contribution in [0.2, 0.25) is 0 Å². The van der Waals surface area contributed by atoms with Crippen LogP contribution in [-0.4, -0.2) is 30.8 Å². The van der Waals surface area contributed by atoms with Crippen LogP contribution in [0.5, 0.6) is 0 Å². The van der Waals surface area contributed by atoms with Gasteiger partial charge in [-0.05, 0) is 24.5 Å². The fourth-order valence-corrected chi connectivity index (χ4v) is 2.79. The predicted molar refractivity (Wildman–Crippen MR) is 54.5 cm³/mol. The Morgan fingerprint density at radius 2 is 2.25 bits per heavy atom. The molecule has 2 nitrogen and oxygen atoms in total. The quantitative estimate of drug-likeness (QED) is 0.666. The van der Waals surface area contributed by atoms with Gasteiger partial charge >= 0.3 is 0 Å². The zero-order valence-electron chi connectivity index (χ0n) is 7.79. The van der Waals surface area contributed by atoms with E-state index in [0.717, 1.165) is 31.8 Å². The summed E-state index contributed by atoms with van der Waals surface area (Å²) in [5.74, 6) is 3.07. The van der Waals surface area contributed by atoms with Crippen molar-refractivity contribution in [2.75, 3.05) is 24.7 Å².